The Kier molecular flexibility index (Phi) is 6.52. The highest BCUT2D eigenvalue weighted by Gasteiger charge is 2.42. The Morgan fingerprint density at radius 1 is 1.25 bits per heavy atom. The molecular formula is C23H27N3O5S. The zero-order valence-corrected chi connectivity index (χ0v) is 19.6. The number of hydrogen-bond acceptors (Lipinski definition) is 7. The number of rotatable bonds is 6. The van der Waals surface area contributed by atoms with Crippen LogP contribution >= 0.6 is 11.3 Å². The van der Waals surface area contributed by atoms with Gasteiger partial charge in [0, 0.05) is 34.2 Å². The average Bonchev–Trinajstić information content (AvgIpc) is 3.03. The lowest BCUT2D eigenvalue weighted by Crippen LogP contribution is -2.55. The maximum Gasteiger partial charge on any atom is 0.341 e. The number of non-ortho nitro benzene ring substituents is 1. The van der Waals surface area contributed by atoms with Crippen molar-refractivity contribution in [1.82, 2.24) is 5.32 Å². The number of nitro benzene ring substituents is 1. The molecule has 170 valence electrons. The fraction of sp³-hybridized carbons (Fsp3) is 0.391. The molecule has 0 saturated heterocycles. The Hall–Kier alpha value is -3.04. The smallest absolute Gasteiger partial charge is 0.341 e. The van der Waals surface area contributed by atoms with Crippen LogP contribution in [0.25, 0.3) is 6.08 Å². The molecule has 2 aromatic rings. The minimum Gasteiger partial charge on any atom is -0.462 e. The molecule has 1 aromatic heterocycles. The third-order valence-electron chi connectivity index (χ3n) is 5.09. The van der Waals surface area contributed by atoms with Crippen LogP contribution < -0.4 is 10.6 Å². The van der Waals surface area contributed by atoms with Gasteiger partial charge in [0.1, 0.15) is 5.00 Å². The van der Waals surface area contributed by atoms with Gasteiger partial charge in [-0.2, -0.15) is 0 Å². The molecule has 0 atom stereocenters. The highest BCUT2D eigenvalue weighted by atomic mass is 32.1. The maximum atomic E-state index is 12.8. The van der Waals surface area contributed by atoms with Gasteiger partial charge < -0.3 is 15.4 Å². The second-order valence-electron chi connectivity index (χ2n) is 8.82. The predicted molar refractivity (Wildman–Crippen MR) is 125 cm³/mol. The number of ether oxygens (including phenoxy) is 1. The number of amides is 1. The molecule has 0 fully saturated rings. The van der Waals surface area contributed by atoms with Crippen LogP contribution in [0.15, 0.2) is 30.3 Å². The SMILES string of the molecule is CCOC(=O)c1c(NC(=O)C=Cc2ccc([N+](=O)[O-])cc2)sc2c1CC(C)(C)NC2(C)C. The highest BCUT2D eigenvalue weighted by molar-refractivity contribution is 7.17. The molecule has 0 saturated carbocycles. The zero-order chi connectivity index (χ0) is 23.7. The van der Waals surface area contributed by atoms with Crippen molar-refractivity contribution in [2.75, 3.05) is 11.9 Å². The van der Waals surface area contributed by atoms with E-state index in [1.165, 1.54) is 29.5 Å². The van der Waals surface area contributed by atoms with Crippen LogP contribution in [0.2, 0.25) is 0 Å². The summed E-state index contributed by atoms with van der Waals surface area (Å²) in [5.41, 5.74) is 1.34. The molecule has 0 bridgehead atoms. The number of carbonyl (C=O) groups excluding carboxylic acids is 2. The Morgan fingerprint density at radius 3 is 2.50 bits per heavy atom. The summed E-state index contributed by atoms with van der Waals surface area (Å²) >= 11 is 1.37. The van der Waals surface area contributed by atoms with E-state index in [1.807, 2.05) is 0 Å². The number of hydrogen-bond donors (Lipinski definition) is 2. The summed E-state index contributed by atoms with van der Waals surface area (Å²) in [5, 5.41) is 17.6. The van der Waals surface area contributed by atoms with Crippen molar-refractivity contribution in [2.45, 2.75) is 52.1 Å². The molecule has 32 heavy (non-hydrogen) atoms. The van der Waals surface area contributed by atoms with Gasteiger partial charge in [-0.05, 0) is 70.4 Å². The average molecular weight is 458 g/mol. The molecule has 0 aliphatic carbocycles. The van der Waals surface area contributed by atoms with Gasteiger partial charge in [-0.25, -0.2) is 4.79 Å². The summed E-state index contributed by atoms with van der Waals surface area (Å²) in [6.45, 7) is 10.3. The van der Waals surface area contributed by atoms with E-state index in [1.54, 1.807) is 25.1 Å². The Bertz CT molecular complexity index is 1080. The van der Waals surface area contributed by atoms with Gasteiger partial charge in [0.2, 0.25) is 5.91 Å². The summed E-state index contributed by atoms with van der Waals surface area (Å²) in [4.78, 5) is 36.7. The topological polar surface area (TPSA) is 111 Å². The summed E-state index contributed by atoms with van der Waals surface area (Å²) in [7, 11) is 0. The van der Waals surface area contributed by atoms with Gasteiger partial charge in [0.25, 0.3) is 5.69 Å². The first-order valence-corrected chi connectivity index (χ1v) is 11.1. The molecule has 0 spiro atoms. The van der Waals surface area contributed by atoms with Crippen LogP contribution in [-0.4, -0.2) is 28.9 Å². The van der Waals surface area contributed by atoms with Crippen molar-refractivity contribution in [2.24, 2.45) is 0 Å². The second kappa shape index (κ2) is 8.84. The first-order valence-electron chi connectivity index (χ1n) is 10.3. The van der Waals surface area contributed by atoms with Crippen LogP contribution in [0.4, 0.5) is 10.7 Å². The number of benzene rings is 1. The van der Waals surface area contributed by atoms with Crippen molar-refractivity contribution < 1.29 is 19.2 Å². The maximum absolute atomic E-state index is 12.8. The van der Waals surface area contributed by atoms with Crippen molar-refractivity contribution in [3.63, 3.8) is 0 Å². The molecule has 9 heteroatoms. The van der Waals surface area contributed by atoms with E-state index in [0.717, 1.165) is 10.4 Å². The van der Waals surface area contributed by atoms with Crippen LogP contribution in [0.1, 0.15) is 61.0 Å². The number of thiophene rings is 1. The summed E-state index contributed by atoms with van der Waals surface area (Å²) in [5.74, 6) is -0.856. The zero-order valence-electron chi connectivity index (χ0n) is 18.8. The number of carbonyl (C=O) groups is 2. The van der Waals surface area contributed by atoms with E-state index in [2.05, 4.69) is 38.3 Å². The Labute approximate surface area is 190 Å². The van der Waals surface area contributed by atoms with Gasteiger partial charge in [0.15, 0.2) is 0 Å². The number of fused-ring (bicyclic) bond motifs is 1. The Balaban J connectivity index is 1.90. The highest BCUT2D eigenvalue weighted by Crippen LogP contribution is 2.45. The molecule has 1 aromatic carbocycles. The van der Waals surface area contributed by atoms with E-state index in [-0.39, 0.29) is 23.4 Å². The lowest BCUT2D eigenvalue weighted by atomic mass is 9.81. The number of esters is 1. The minimum absolute atomic E-state index is 0.0194. The van der Waals surface area contributed by atoms with Crippen LogP contribution in [0.5, 0.6) is 0 Å². The summed E-state index contributed by atoms with van der Waals surface area (Å²) in [6, 6.07) is 5.87. The fourth-order valence-corrected chi connectivity index (χ4v) is 5.34. The molecule has 2 N–H and O–H groups in total. The molecule has 0 radical (unpaired) electrons. The number of nitrogens with zero attached hydrogens (tertiary/aromatic N) is 1. The third-order valence-corrected chi connectivity index (χ3v) is 6.56. The van der Waals surface area contributed by atoms with Gasteiger partial charge in [-0.15, -0.1) is 11.3 Å². The molecule has 1 aliphatic heterocycles. The van der Waals surface area contributed by atoms with Gasteiger partial charge >= 0.3 is 5.97 Å². The van der Waals surface area contributed by atoms with Crippen molar-refractivity contribution in [3.05, 3.63) is 62.0 Å². The van der Waals surface area contributed by atoms with Crippen LogP contribution in [-0.2, 0) is 21.5 Å². The minimum atomic E-state index is -0.479. The molecule has 3 rings (SSSR count). The molecule has 8 nitrogen and oxygen atoms in total. The third kappa shape index (κ3) is 5.05. The van der Waals surface area contributed by atoms with Crippen molar-refractivity contribution >= 4 is 40.0 Å². The van der Waals surface area contributed by atoms with E-state index < -0.39 is 16.8 Å². The lowest BCUT2D eigenvalue weighted by Gasteiger charge is -2.42. The summed E-state index contributed by atoms with van der Waals surface area (Å²) in [6.07, 6.45) is 3.53. The van der Waals surface area contributed by atoms with Crippen LogP contribution in [0, 0.1) is 10.1 Å². The molecule has 0 unspecified atom stereocenters. The summed E-state index contributed by atoms with van der Waals surface area (Å²) < 4.78 is 5.29. The van der Waals surface area contributed by atoms with E-state index in [4.69, 9.17) is 4.74 Å². The number of nitrogens with one attached hydrogen (secondary N) is 2. The first-order chi connectivity index (χ1) is 14.9. The van der Waals surface area contributed by atoms with E-state index in [0.29, 0.717) is 22.5 Å². The largest absolute Gasteiger partial charge is 0.462 e. The molecule has 1 aliphatic rings. The molecule has 1 amide bonds. The quantitative estimate of drug-likeness (QED) is 0.283. The molecule has 2 heterocycles. The van der Waals surface area contributed by atoms with Crippen molar-refractivity contribution in [1.29, 1.82) is 0 Å². The van der Waals surface area contributed by atoms with Gasteiger partial charge in [-0.1, -0.05) is 0 Å². The second-order valence-corrected chi connectivity index (χ2v) is 9.84. The van der Waals surface area contributed by atoms with Crippen LogP contribution in [0.3, 0.4) is 0 Å². The fourth-order valence-electron chi connectivity index (χ4n) is 4.07. The lowest BCUT2D eigenvalue weighted by molar-refractivity contribution is -0.384. The standard InChI is InChI=1S/C23H27N3O5S/c1-6-31-21(28)18-16-13-22(2,3)25-23(4,5)19(16)32-20(18)24-17(27)12-9-14-7-10-15(11-8-14)26(29)30/h7-12,25H,6,13H2,1-5H3,(H,24,27). The first kappa shape index (κ1) is 23.6. The normalized spacial score (nSPS) is 16.4. The number of nitro groups is 1. The number of anilines is 1. The Morgan fingerprint density at radius 2 is 1.91 bits per heavy atom. The molecular weight excluding hydrogens is 430 g/mol. The van der Waals surface area contributed by atoms with Gasteiger partial charge in [0.05, 0.1) is 17.1 Å². The van der Waals surface area contributed by atoms with E-state index >= 15 is 0 Å². The monoisotopic (exact) mass is 457 g/mol. The van der Waals surface area contributed by atoms with Crippen molar-refractivity contribution in [3.8, 4) is 0 Å². The predicted octanol–water partition coefficient (Wildman–Crippen LogP) is 4.64. The van der Waals surface area contributed by atoms with Gasteiger partial charge in [-0.3, -0.25) is 14.9 Å². The van der Waals surface area contributed by atoms with E-state index in [9.17, 15) is 19.7 Å².